The first-order chi connectivity index (χ1) is 11.7. The molecule has 0 bridgehead atoms. The van der Waals surface area contributed by atoms with E-state index in [4.69, 9.17) is 28.2 Å². The molecule has 0 unspecified atom stereocenters. The summed E-state index contributed by atoms with van der Waals surface area (Å²) in [6.45, 7) is 0. The van der Waals surface area contributed by atoms with Gasteiger partial charge in [-0.3, -0.25) is 9.69 Å². The van der Waals surface area contributed by atoms with Gasteiger partial charge in [0.05, 0.1) is 10.6 Å². The van der Waals surface area contributed by atoms with Crippen molar-refractivity contribution in [3.8, 4) is 11.3 Å². The third-order valence-corrected chi connectivity index (χ3v) is 4.26. The van der Waals surface area contributed by atoms with E-state index in [0.29, 0.717) is 5.76 Å². The standard InChI is InChI=1S/C16H10ClF3N2O2S/c1-22-14(23)12(21-15(22)25)7-9-3-5-13(24-9)8-2-4-11(17)10(6-8)16(18,19)20/h2-7H,1H3,(H,21,25). The van der Waals surface area contributed by atoms with Crippen LogP contribution in [0.25, 0.3) is 17.4 Å². The first kappa shape index (κ1) is 17.5. The van der Waals surface area contributed by atoms with Gasteiger partial charge in [0.15, 0.2) is 5.11 Å². The molecule has 1 aromatic carbocycles. The number of thiocarbonyl (C=S) groups is 1. The number of nitrogens with zero attached hydrogens (tertiary/aromatic N) is 1. The fraction of sp³-hybridized carbons (Fsp3) is 0.125. The summed E-state index contributed by atoms with van der Waals surface area (Å²) in [4.78, 5) is 13.2. The van der Waals surface area contributed by atoms with Crippen LogP contribution in [0, 0.1) is 0 Å². The van der Waals surface area contributed by atoms with E-state index < -0.39 is 11.7 Å². The molecule has 2 aromatic rings. The van der Waals surface area contributed by atoms with Crippen molar-refractivity contribution in [2.75, 3.05) is 7.05 Å². The van der Waals surface area contributed by atoms with E-state index in [2.05, 4.69) is 5.32 Å². The van der Waals surface area contributed by atoms with Crippen molar-refractivity contribution in [2.24, 2.45) is 0 Å². The van der Waals surface area contributed by atoms with E-state index in [9.17, 15) is 18.0 Å². The van der Waals surface area contributed by atoms with E-state index in [-0.39, 0.29) is 33.1 Å². The molecule has 2 heterocycles. The predicted molar refractivity (Wildman–Crippen MR) is 90.6 cm³/mol. The van der Waals surface area contributed by atoms with Crippen LogP contribution in [-0.2, 0) is 11.0 Å². The highest BCUT2D eigenvalue weighted by molar-refractivity contribution is 7.80. The van der Waals surface area contributed by atoms with Crippen LogP contribution in [-0.4, -0.2) is 23.0 Å². The molecule has 130 valence electrons. The second-order valence-electron chi connectivity index (χ2n) is 5.25. The van der Waals surface area contributed by atoms with Crippen LogP contribution in [0.4, 0.5) is 13.2 Å². The van der Waals surface area contributed by atoms with Crippen LogP contribution in [0.3, 0.4) is 0 Å². The Balaban J connectivity index is 1.93. The minimum atomic E-state index is -4.56. The number of alkyl halides is 3. The summed E-state index contributed by atoms with van der Waals surface area (Å²) >= 11 is 10.6. The predicted octanol–water partition coefficient (Wildman–Crippen LogP) is 4.31. The second kappa shape index (κ2) is 6.20. The number of halogens is 4. The largest absolute Gasteiger partial charge is 0.457 e. The molecular formula is C16H10ClF3N2O2S. The molecule has 0 saturated carbocycles. The Bertz CT molecular complexity index is 905. The molecule has 1 aliphatic heterocycles. The van der Waals surface area contributed by atoms with E-state index in [0.717, 1.165) is 12.1 Å². The molecule has 0 atom stereocenters. The summed E-state index contributed by atoms with van der Waals surface area (Å²) in [5.74, 6) is 0.191. The van der Waals surface area contributed by atoms with Crippen LogP contribution in [0.2, 0.25) is 5.02 Å². The molecule has 9 heteroatoms. The fourth-order valence-electron chi connectivity index (χ4n) is 2.25. The van der Waals surface area contributed by atoms with E-state index >= 15 is 0 Å². The van der Waals surface area contributed by atoms with Gasteiger partial charge in [0.25, 0.3) is 5.91 Å². The van der Waals surface area contributed by atoms with Gasteiger partial charge in [-0.05, 0) is 42.5 Å². The third kappa shape index (κ3) is 3.40. The number of hydrogen-bond donors (Lipinski definition) is 1. The van der Waals surface area contributed by atoms with Crippen LogP contribution in [0.15, 0.2) is 40.4 Å². The van der Waals surface area contributed by atoms with Crippen molar-refractivity contribution in [3.05, 3.63) is 52.4 Å². The number of furan rings is 1. The van der Waals surface area contributed by atoms with E-state index in [1.807, 2.05) is 0 Å². The van der Waals surface area contributed by atoms with Gasteiger partial charge in [0.2, 0.25) is 0 Å². The SMILES string of the molecule is CN1C(=O)C(=Cc2ccc(-c3ccc(Cl)c(C(F)(F)F)c3)o2)NC1=S. The van der Waals surface area contributed by atoms with Crippen molar-refractivity contribution >= 4 is 40.9 Å². The second-order valence-corrected chi connectivity index (χ2v) is 6.04. The molecule has 1 fully saturated rings. The zero-order valence-corrected chi connectivity index (χ0v) is 14.2. The zero-order valence-electron chi connectivity index (χ0n) is 12.6. The molecule has 1 saturated heterocycles. The maximum atomic E-state index is 12.9. The molecule has 4 nitrogen and oxygen atoms in total. The zero-order chi connectivity index (χ0) is 18.4. The maximum absolute atomic E-state index is 12.9. The number of carbonyl (C=O) groups is 1. The van der Waals surface area contributed by atoms with Crippen LogP contribution in [0.1, 0.15) is 11.3 Å². The highest BCUT2D eigenvalue weighted by atomic mass is 35.5. The Kier molecular flexibility index (Phi) is 4.34. The van der Waals surface area contributed by atoms with Gasteiger partial charge >= 0.3 is 6.18 Å². The first-order valence-corrected chi connectivity index (χ1v) is 7.73. The van der Waals surface area contributed by atoms with Crippen molar-refractivity contribution in [1.82, 2.24) is 10.2 Å². The average molecular weight is 387 g/mol. The summed E-state index contributed by atoms with van der Waals surface area (Å²) in [5, 5.41) is 2.60. The van der Waals surface area contributed by atoms with E-state index in [1.54, 1.807) is 6.07 Å². The third-order valence-electron chi connectivity index (χ3n) is 3.55. The minimum Gasteiger partial charge on any atom is -0.457 e. The molecule has 1 amide bonds. The topological polar surface area (TPSA) is 45.5 Å². The van der Waals surface area contributed by atoms with Crippen molar-refractivity contribution in [3.63, 3.8) is 0 Å². The van der Waals surface area contributed by atoms with Gasteiger partial charge in [-0.15, -0.1) is 0 Å². The van der Waals surface area contributed by atoms with Crippen LogP contribution < -0.4 is 5.32 Å². The highest BCUT2D eigenvalue weighted by Gasteiger charge is 2.33. The lowest BCUT2D eigenvalue weighted by Gasteiger charge is -2.09. The van der Waals surface area contributed by atoms with Gasteiger partial charge < -0.3 is 9.73 Å². The summed E-state index contributed by atoms with van der Waals surface area (Å²) in [6.07, 6.45) is -3.13. The molecule has 25 heavy (non-hydrogen) atoms. The van der Waals surface area contributed by atoms with Crippen molar-refractivity contribution in [2.45, 2.75) is 6.18 Å². The minimum absolute atomic E-state index is 0.218. The lowest BCUT2D eigenvalue weighted by atomic mass is 10.1. The summed E-state index contributed by atoms with van der Waals surface area (Å²) in [5.41, 5.74) is -0.497. The molecule has 0 radical (unpaired) electrons. The molecular weight excluding hydrogens is 377 g/mol. The number of carbonyl (C=O) groups excluding carboxylic acids is 1. The molecule has 0 spiro atoms. The van der Waals surface area contributed by atoms with Crippen molar-refractivity contribution in [1.29, 1.82) is 0 Å². The number of rotatable bonds is 2. The Morgan fingerprint density at radius 3 is 2.60 bits per heavy atom. The normalized spacial score (nSPS) is 16.7. The van der Waals surface area contributed by atoms with Crippen LogP contribution in [0.5, 0.6) is 0 Å². The molecule has 0 aliphatic carbocycles. The van der Waals surface area contributed by atoms with Gasteiger partial charge in [0, 0.05) is 18.7 Å². The number of nitrogens with one attached hydrogen (secondary N) is 1. The van der Waals surface area contributed by atoms with Crippen LogP contribution >= 0.6 is 23.8 Å². The first-order valence-electron chi connectivity index (χ1n) is 6.94. The summed E-state index contributed by atoms with van der Waals surface area (Å²) in [7, 11) is 1.53. The highest BCUT2D eigenvalue weighted by Crippen LogP contribution is 2.37. The fourth-order valence-corrected chi connectivity index (χ4v) is 2.66. The quantitative estimate of drug-likeness (QED) is 0.617. The average Bonchev–Trinajstić information content (AvgIpc) is 3.08. The van der Waals surface area contributed by atoms with Crippen molar-refractivity contribution < 1.29 is 22.4 Å². The monoisotopic (exact) mass is 386 g/mol. The van der Waals surface area contributed by atoms with Gasteiger partial charge in [0.1, 0.15) is 17.2 Å². The molecule has 1 aromatic heterocycles. The number of benzene rings is 1. The number of hydrogen-bond acceptors (Lipinski definition) is 3. The summed E-state index contributed by atoms with van der Waals surface area (Å²) < 4.78 is 44.4. The molecule has 3 rings (SSSR count). The van der Waals surface area contributed by atoms with Gasteiger partial charge in [-0.1, -0.05) is 11.6 Å². The van der Waals surface area contributed by atoms with Gasteiger partial charge in [-0.25, -0.2) is 0 Å². The molecule has 1 N–H and O–H groups in total. The van der Waals surface area contributed by atoms with Gasteiger partial charge in [-0.2, -0.15) is 13.2 Å². The number of likely N-dealkylation sites (N-methyl/N-ethyl adjacent to an activating group) is 1. The lowest BCUT2D eigenvalue weighted by molar-refractivity contribution is -0.137. The summed E-state index contributed by atoms with van der Waals surface area (Å²) in [6, 6.07) is 6.56. The maximum Gasteiger partial charge on any atom is 0.417 e. The Morgan fingerprint density at radius 2 is 2.00 bits per heavy atom. The molecule has 1 aliphatic rings. The Hall–Kier alpha value is -2.32. The number of amides is 1. The van der Waals surface area contributed by atoms with E-state index in [1.165, 1.54) is 30.2 Å². The Labute approximate surface area is 150 Å². The smallest absolute Gasteiger partial charge is 0.417 e. The lowest BCUT2D eigenvalue weighted by Crippen LogP contribution is -2.25. The Morgan fingerprint density at radius 1 is 1.28 bits per heavy atom.